The fourth-order valence-electron chi connectivity index (χ4n) is 3.98. The standard InChI is InChI=1S/C18H34N2O3/c1-13(2)14-6-8-18(22,9-7-14)17(19)10-11-20(12-17)15(21)23-16(3,4)5/h13-14,22H,6-12,19H2,1-5H3. The Labute approximate surface area is 140 Å². The van der Waals surface area contributed by atoms with Crippen LogP contribution in [0, 0.1) is 11.8 Å². The number of nitrogens with two attached hydrogens (primary N) is 1. The fourth-order valence-corrected chi connectivity index (χ4v) is 3.98. The minimum atomic E-state index is -0.866. The fraction of sp³-hybridized carbons (Fsp3) is 0.944. The summed E-state index contributed by atoms with van der Waals surface area (Å²) in [6, 6.07) is 0. The minimum absolute atomic E-state index is 0.329. The van der Waals surface area contributed by atoms with E-state index in [-0.39, 0.29) is 6.09 Å². The van der Waals surface area contributed by atoms with Gasteiger partial charge in [-0.1, -0.05) is 13.8 Å². The topological polar surface area (TPSA) is 75.8 Å². The lowest BCUT2D eigenvalue weighted by atomic mass is 9.66. The van der Waals surface area contributed by atoms with Crippen molar-refractivity contribution in [2.75, 3.05) is 13.1 Å². The van der Waals surface area contributed by atoms with Crippen LogP contribution in [0.2, 0.25) is 0 Å². The summed E-state index contributed by atoms with van der Waals surface area (Å²) >= 11 is 0. The van der Waals surface area contributed by atoms with Crippen LogP contribution in [0.3, 0.4) is 0 Å². The molecule has 1 unspecified atom stereocenters. The molecular formula is C18H34N2O3. The molecule has 0 aromatic rings. The third-order valence-electron chi connectivity index (χ3n) is 5.68. The monoisotopic (exact) mass is 326 g/mol. The number of hydrogen-bond donors (Lipinski definition) is 2. The highest BCUT2D eigenvalue weighted by Crippen LogP contribution is 2.44. The first-order valence-electron chi connectivity index (χ1n) is 8.95. The smallest absolute Gasteiger partial charge is 0.410 e. The third kappa shape index (κ3) is 4.00. The van der Waals surface area contributed by atoms with E-state index >= 15 is 0 Å². The van der Waals surface area contributed by atoms with Crippen LogP contribution in [0.1, 0.15) is 66.7 Å². The van der Waals surface area contributed by atoms with Crippen LogP contribution in [-0.4, -0.2) is 45.9 Å². The number of likely N-dealkylation sites (tertiary alicyclic amines) is 1. The Hall–Kier alpha value is -0.810. The maximum atomic E-state index is 12.2. The lowest BCUT2D eigenvalue weighted by Crippen LogP contribution is -2.63. The summed E-state index contributed by atoms with van der Waals surface area (Å²) in [5.74, 6) is 1.32. The second-order valence-corrected chi connectivity index (χ2v) is 8.92. The van der Waals surface area contributed by atoms with Crippen molar-refractivity contribution in [3.63, 3.8) is 0 Å². The SMILES string of the molecule is CC(C)C1CCC(O)(C2(N)CCN(C(=O)OC(C)(C)C)C2)CC1. The van der Waals surface area contributed by atoms with Crippen LogP contribution in [0.15, 0.2) is 0 Å². The Morgan fingerprint density at radius 2 is 1.83 bits per heavy atom. The summed E-state index contributed by atoms with van der Waals surface area (Å²) in [5, 5.41) is 11.2. The Bertz CT molecular complexity index is 436. The normalized spacial score (nSPS) is 35.7. The molecule has 1 saturated heterocycles. The molecule has 5 heteroatoms. The highest BCUT2D eigenvalue weighted by molar-refractivity contribution is 5.68. The molecule has 0 aromatic heterocycles. The van der Waals surface area contributed by atoms with Crippen molar-refractivity contribution < 1.29 is 14.6 Å². The quantitative estimate of drug-likeness (QED) is 0.818. The van der Waals surface area contributed by atoms with Gasteiger partial charge in [-0.3, -0.25) is 0 Å². The molecule has 134 valence electrons. The molecule has 2 fully saturated rings. The molecule has 0 radical (unpaired) electrons. The van der Waals surface area contributed by atoms with Gasteiger partial charge in [-0.15, -0.1) is 0 Å². The van der Waals surface area contributed by atoms with Gasteiger partial charge in [0, 0.05) is 13.1 Å². The summed E-state index contributed by atoms with van der Waals surface area (Å²) in [6.07, 6.45) is 3.79. The van der Waals surface area contributed by atoms with E-state index in [9.17, 15) is 9.90 Å². The Kier molecular flexibility index (Phi) is 5.03. The zero-order valence-electron chi connectivity index (χ0n) is 15.4. The predicted molar refractivity (Wildman–Crippen MR) is 91.1 cm³/mol. The Morgan fingerprint density at radius 1 is 1.26 bits per heavy atom. The van der Waals surface area contributed by atoms with E-state index in [4.69, 9.17) is 10.5 Å². The number of nitrogens with zero attached hydrogens (tertiary/aromatic N) is 1. The van der Waals surface area contributed by atoms with E-state index in [0.717, 1.165) is 25.7 Å². The van der Waals surface area contributed by atoms with Crippen molar-refractivity contribution in [2.45, 2.75) is 83.5 Å². The molecule has 0 aromatic carbocycles. The lowest BCUT2D eigenvalue weighted by molar-refractivity contribution is -0.0738. The summed E-state index contributed by atoms with van der Waals surface area (Å²) < 4.78 is 5.43. The first-order valence-corrected chi connectivity index (χ1v) is 8.95. The first-order chi connectivity index (χ1) is 10.5. The maximum absolute atomic E-state index is 12.2. The average Bonchev–Trinajstić information content (AvgIpc) is 2.82. The number of rotatable bonds is 2. The van der Waals surface area contributed by atoms with Crippen molar-refractivity contribution in [3.05, 3.63) is 0 Å². The summed E-state index contributed by atoms with van der Waals surface area (Å²) in [5.41, 5.74) is 4.49. The van der Waals surface area contributed by atoms with Crippen LogP contribution < -0.4 is 5.73 Å². The molecular weight excluding hydrogens is 292 g/mol. The number of hydrogen-bond acceptors (Lipinski definition) is 4. The molecule has 5 nitrogen and oxygen atoms in total. The van der Waals surface area contributed by atoms with Gasteiger partial charge in [0.25, 0.3) is 0 Å². The number of carbonyl (C=O) groups excluding carboxylic acids is 1. The highest BCUT2D eigenvalue weighted by Gasteiger charge is 2.53. The lowest BCUT2D eigenvalue weighted by Gasteiger charge is -2.47. The molecule has 23 heavy (non-hydrogen) atoms. The Morgan fingerprint density at radius 3 is 2.30 bits per heavy atom. The van der Waals surface area contributed by atoms with Gasteiger partial charge in [0.15, 0.2) is 0 Å². The number of carbonyl (C=O) groups is 1. The van der Waals surface area contributed by atoms with E-state index in [1.165, 1.54) is 0 Å². The van der Waals surface area contributed by atoms with Crippen molar-refractivity contribution in [1.29, 1.82) is 0 Å². The van der Waals surface area contributed by atoms with Gasteiger partial charge in [-0.25, -0.2) is 4.79 Å². The van der Waals surface area contributed by atoms with E-state index in [0.29, 0.717) is 31.3 Å². The molecule has 2 rings (SSSR count). The Balaban J connectivity index is 1.99. The van der Waals surface area contributed by atoms with Crippen LogP contribution in [-0.2, 0) is 4.74 Å². The van der Waals surface area contributed by atoms with Gasteiger partial charge in [0.2, 0.25) is 0 Å². The molecule has 0 spiro atoms. The van der Waals surface area contributed by atoms with Gasteiger partial charge in [-0.2, -0.15) is 0 Å². The predicted octanol–water partition coefficient (Wildman–Crippen LogP) is 2.90. The molecule has 1 aliphatic heterocycles. The number of ether oxygens (including phenoxy) is 1. The molecule has 3 N–H and O–H groups in total. The molecule has 1 heterocycles. The number of amides is 1. The van der Waals surface area contributed by atoms with E-state index in [1.807, 2.05) is 20.8 Å². The maximum Gasteiger partial charge on any atom is 0.410 e. The van der Waals surface area contributed by atoms with Crippen LogP contribution >= 0.6 is 0 Å². The van der Waals surface area contributed by atoms with Gasteiger partial charge in [0.1, 0.15) is 5.60 Å². The second kappa shape index (κ2) is 6.25. The van der Waals surface area contributed by atoms with Crippen molar-refractivity contribution in [3.8, 4) is 0 Å². The van der Waals surface area contributed by atoms with Gasteiger partial charge < -0.3 is 20.5 Å². The number of aliphatic hydroxyl groups is 1. The zero-order valence-corrected chi connectivity index (χ0v) is 15.4. The van der Waals surface area contributed by atoms with E-state index in [1.54, 1.807) is 4.90 Å². The molecule has 2 aliphatic rings. The largest absolute Gasteiger partial charge is 0.444 e. The van der Waals surface area contributed by atoms with Crippen molar-refractivity contribution in [1.82, 2.24) is 4.90 Å². The summed E-state index contributed by atoms with van der Waals surface area (Å²) in [7, 11) is 0. The zero-order chi connectivity index (χ0) is 17.5. The van der Waals surface area contributed by atoms with Crippen LogP contribution in [0.5, 0.6) is 0 Å². The van der Waals surface area contributed by atoms with Crippen LogP contribution in [0.4, 0.5) is 4.79 Å². The van der Waals surface area contributed by atoms with Crippen LogP contribution in [0.25, 0.3) is 0 Å². The van der Waals surface area contributed by atoms with Gasteiger partial charge in [0.05, 0.1) is 11.1 Å². The summed E-state index contributed by atoms with van der Waals surface area (Å²) in [6.45, 7) is 11.0. The molecule has 1 amide bonds. The van der Waals surface area contributed by atoms with Gasteiger partial charge >= 0.3 is 6.09 Å². The molecule has 0 bridgehead atoms. The summed E-state index contributed by atoms with van der Waals surface area (Å²) in [4.78, 5) is 13.9. The second-order valence-electron chi connectivity index (χ2n) is 8.92. The molecule has 1 saturated carbocycles. The first kappa shape index (κ1) is 18.5. The van der Waals surface area contributed by atoms with Crippen molar-refractivity contribution >= 4 is 6.09 Å². The minimum Gasteiger partial charge on any atom is -0.444 e. The van der Waals surface area contributed by atoms with E-state index in [2.05, 4.69) is 13.8 Å². The molecule has 1 atom stereocenters. The van der Waals surface area contributed by atoms with E-state index < -0.39 is 16.7 Å². The highest BCUT2D eigenvalue weighted by atomic mass is 16.6. The van der Waals surface area contributed by atoms with Crippen molar-refractivity contribution in [2.24, 2.45) is 17.6 Å². The van der Waals surface area contributed by atoms with Gasteiger partial charge in [-0.05, 0) is 64.7 Å². The average molecular weight is 326 g/mol. The third-order valence-corrected chi connectivity index (χ3v) is 5.68. The molecule has 1 aliphatic carbocycles.